The van der Waals surface area contributed by atoms with Crippen LogP contribution in [0.25, 0.3) is 0 Å². The Kier molecular flexibility index (Phi) is 4.37. The smallest absolute Gasteiger partial charge is 0.324 e. The Hall–Kier alpha value is -1.10. The van der Waals surface area contributed by atoms with E-state index in [4.69, 9.17) is 5.73 Å². The number of benzene rings is 1. The van der Waals surface area contributed by atoms with Crippen LogP contribution in [-0.4, -0.2) is 0 Å². The van der Waals surface area contributed by atoms with Crippen LogP contribution in [-0.2, 0) is 6.18 Å². The second-order valence-electron chi connectivity index (χ2n) is 5.61. The molecule has 0 bridgehead atoms. The summed E-state index contributed by atoms with van der Waals surface area (Å²) in [5.41, 5.74) is 5.24. The van der Waals surface area contributed by atoms with Gasteiger partial charge in [0.25, 0.3) is 0 Å². The van der Waals surface area contributed by atoms with Crippen LogP contribution >= 0.6 is 0 Å². The molecule has 3 atom stereocenters. The van der Waals surface area contributed by atoms with Crippen molar-refractivity contribution in [1.29, 1.82) is 0 Å². The fraction of sp³-hybridized carbons (Fsp3) is 0.600. The molecule has 2 rings (SSSR count). The summed E-state index contributed by atoms with van der Waals surface area (Å²) in [6.45, 7) is 2.11. The van der Waals surface area contributed by atoms with Crippen LogP contribution in [0, 0.1) is 17.7 Å². The molecular weight excluding hydrogens is 270 g/mol. The second-order valence-corrected chi connectivity index (χ2v) is 5.61. The van der Waals surface area contributed by atoms with Crippen LogP contribution in [0.3, 0.4) is 0 Å². The standard InChI is InChI=1S/C15H19F4N/c1-2-9-3-4-10(7-9)14(20)11-5-6-13(16)12(8-11)15(17,18)19/h5-6,8-10,14H,2-4,7,20H2,1H3. The first kappa shape index (κ1) is 15.3. The normalized spacial score (nSPS) is 24.9. The maximum absolute atomic E-state index is 13.3. The molecule has 1 aliphatic rings. The number of rotatable bonds is 3. The summed E-state index contributed by atoms with van der Waals surface area (Å²) in [7, 11) is 0. The molecule has 0 aliphatic heterocycles. The molecule has 1 saturated carbocycles. The topological polar surface area (TPSA) is 26.0 Å². The van der Waals surface area contributed by atoms with Gasteiger partial charge in [0.05, 0.1) is 5.56 Å². The minimum atomic E-state index is -4.68. The number of alkyl halides is 3. The van der Waals surface area contributed by atoms with Gasteiger partial charge in [-0.25, -0.2) is 4.39 Å². The fourth-order valence-corrected chi connectivity index (χ4v) is 3.05. The molecule has 20 heavy (non-hydrogen) atoms. The molecule has 3 unspecified atom stereocenters. The van der Waals surface area contributed by atoms with Gasteiger partial charge in [-0.15, -0.1) is 0 Å². The van der Waals surface area contributed by atoms with Crippen molar-refractivity contribution < 1.29 is 17.6 Å². The third-order valence-electron chi connectivity index (χ3n) is 4.35. The lowest BCUT2D eigenvalue weighted by Gasteiger charge is -2.21. The molecule has 0 spiro atoms. The Morgan fingerprint density at radius 2 is 2.00 bits per heavy atom. The zero-order chi connectivity index (χ0) is 14.9. The average Bonchev–Trinajstić information content (AvgIpc) is 2.86. The first-order valence-electron chi connectivity index (χ1n) is 6.95. The summed E-state index contributed by atoms with van der Waals surface area (Å²) in [6.07, 6.45) is -0.668. The highest BCUT2D eigenvalue weighted by Gasteiger charge is 2.35. The van der Waals surface area contributed by atoms with Crippen molar-refractivity contribution >= 4 is 0 Å². The molecule has 0 aromatic heterocycles. The quantitative estimate of drug-likeness (QED) is 0.804. The van der Waals surface area contributed by atoms with Crippen LogP contribution < -0.4 is 5.73 Å². The summed E-state index contributed by atoms with van der Waals surface area (Å²) < 4.78 is 51.4. The summed E-state index contributed by atoms with van der Waals surface area (Å²) in [6, 6.07) is 2.64. The van der Waals surface area contributed by atoms with E-state index in [2.05, 4.69) is 6.92 Å². The van der Waals surface area contributed by atoms with E-state index < -0.39 is 23.6 Å². The summed E-state index contributed by atoms with van der Waals surface area (Å²) in [4.78, 5) is 0. The van der Waals surface area contributed by atoms with Gasteiger partial charge in [-0.3, -0.25) is 0 Å². The van der Waals surface area contributed by atoms with Gasteiger partial charge in [0.1, 0.15) is 5.82 Å². The van der Waals surface area contributed by atoms with Crippen LogP contribution in [0.1, 0.15) is 49.8 Å². The Bertz CT molecular complexity index is 469. The SMILES string of the molecule is CCC1CCC(C(N)c2ccc(F)c(C(F)(F)F)c2)C1. The van der Waals surface area contributed by atoms with Gasteiger partial charge >= 0.3 is 6.18 Å². The molecule has 0 saturated heterocycles. The maximum Gasteiger partial charge on any atom is 0.419 e. The van der Waals surface area contributed by atoms with Crippen LogP contribution in [0.15, 0.2) is 18.2 Å². The Morgan fingerprint density at radius 3 is 2.55 bits per heavy atom. The van der Waals surface area contributed by atoms with Gasteiger partial charge in [-0.1, -0.05) is 25.8 Å². The largest absolute Gasteiger partial charge is 0.419 e. The molecule has 0 heterocycles. The summed E-state index contributed by atoms with van der Waals surface area (Å²) in [5.74, 6) is -0.452. The fourth-order valence-electron chi connectivity index (χ4n) is 3.05. The number of nitrogens with two attached hydrogens (primary N) is 1. The van der Waals surface area contributed by atoms with Crippen LogP contribution in [0.5, 0.6) is 0 Å². The van der Waals surface area contributed by atoms with Crippen molar-refractivity contribution in [2.45, 2.75) is 44.8 Å². The van der Waals surface area contributed by atoms with E-state index in [-0.39, 0.29) is 5.92 Å². The van der Waals surface area contributed by atoms with Gasteiger partial charge in [0.2, 0.25) is 0 Å². The minimum Gasteiger partial charge on any atom is -0.324 e. The van der Waals surface area contributed by atoms with Crippen molar-refractivity contribution in [3.63, 3.8) is 0 Å². The number of halogens is 4. The lowest BCUT2D eigenvalue weighted by molar-refractivity contribution is -0.140. The van der Waals surface area contributed by atoms with Crippen molar-refractivity contribution in [1.82, 2.24) is 0 Å². The van der Waals surface area contributed by atoms with E-state index in [9.17, 15) is 17.6 Å². The lowest BCUT2D eigenvalue weighted by atomic mass is 9.90. The molecule has 5 heteroatoms. The van der Waals surface area contributed by atoms with E-state index in [1.165, 1.54) is 6.07 Å². The molecule has 1 nitrogen and oxygen atoms in total. The van der Waals surface area contributed by atoms with Gasteiger partial charge in [-0.05, 0) is 42.4 Å². The van der Waals surface area contributed by atoms with E-state index >= 15 is 0 Å². The van der Waals surface area contributed by atoms with Crippen molar-refractivity contribution in [3.05, 3.63) is 35.1 Å². The first-order chi connectivity index (χ1) is 9.32. The third kappa shape index (κ3) is 3.14. The van der Waals surface area contributed by atoms with E-state index in [0.717, 1.165) is 37.8 Å². The lowest BCUT2D eigenvalue weighted by Crippen LogP contribution is -2.20. The molecule has 1 aromatic rings. The molecular formula is C15H19F4N. The van der Waals surface area contributed by atoms with Crippen LogP contribution in [0.2, 0.25) is 0 Å². The average molecular weight is 289 g/mol. The highest BCUT2D eigenvalue weighted by atomic mass is 19.4. The van der Waals surface area contributed by atoms with Gasteiger partial charge < -0.3 is 5.73 Å². The second kappa shape index (κ2) is 5.72. The van der Waals surface area contributed by atoms with Crippen molar-refractivity contribution in [3.8, 4) is 0 Å². The predicted molar refractivity (Wildman–Crippen MR) is 69.5 cm³/mol. The van der Waals surface area contributed by atoms with Gasteiger partial charge in [-0.2, -0.15) is 13.2 Å². The molecule has 1 aromatic carbocycles. The molecule has 1 aliphatic carbocycles. The maximum atomic E-state index is 13.3. The third-order valence-corrected chi connectivity index (χ3v) is 4.35. The summed E-state index contributed by atoms with van der Waals surface area (Å²) in [5, 5.41) is 0. The molecule has 1 fully saturated rings. The number of hydrogen-bond acceptors (Lipinski definition) is 1. The highest BCUT2D eigenvalue weighted by molar-refractivity contribution is 5.29. The van der Waals surface area contributed by atoms with Crippen molar-refractivity contribution in [2.75, 3.05) is 0 Å². The van der Waals surface area contributed by atoms with Gasteiger partial charge in [0, 0.05) is 6.04 Å². The van der Waals surface area contributed by atoms with Crippen LogP contribution in [0.4, 0.5) is 17.6 Å². The molecule has 0 radical (unpaired) electrons. The van der Waals surface area contributed by atoms with Gasteiger partial charge in [0.15, 0.2) is 0 Å². The highest BCUT2D eigenvalue weighted by Crippen LogP contribution is 2.40. The van der Waals surface area contributed by atoms with Crippen molar-refractivity contribution in [2.24, 2.45) is 17.6 Å². The Morgan fingerprint density at radius 1 is 1.30 bits per heavy atom. The molecule has 2 N–H and O–H groups in total. The monoisotopic (exact) mass is 289 g/mol. The van der Waals surface area contributed by atoms with E-state index in [0.29, 0.717) is 11.5 Å². The zero-order valence-corrected chi connectivity index (χ0v) is 11.4. The first-order valence-corrected chi connectivity index (χ1v) is 6.95. The minimum absolute atomic E-state index is 0.187. The summed E-state index contributed by atoms with van der Waals surface area (Å²) >= 11 is 0. The number of hydrogen-bond donors (Lipinski definition) is 1. The Labute approximate surface area is 116 Å². The predicted octanol–water partition coefficient (Wildman–Crippen LogP) is 4.67. The van der Waals surface area contributed by atoms with E-state index in [1.807, 2.05) is 0 Å². The Balaban J connectivity index is 2.21. The molecule has 112 valence electrons. The zero-order valence-electron chi connectivity index (χ0n) is 11.4. The van der Waals surface area contributed by atoms with E-state index in [1.54, 1.807) is 0 Å². The molecule has 0 amide bonds.